The monoisotopic (exact) mass is 993 g/mol. The van der Waals surface area contributed by atoms with E-state index in [9.17, 15) is 27.4 Å². The van der Waals surface area contributed by atoms with Gasteiger partial charge in [-0.3, -0.25) is 24.2 Å². The molecule has 1 saturated heterocycles. The van der Waals surface area contributed by atoms with Crippen molar-refractivity contribution in [3.8, 4) is 0 Å². The van der Waals surface area contributed by atoms with E-state index in [4.69, 9.17) is 0 Å². The highest BCUT2D eigenvalue weighted by molar-refractivity contribution is 7.85. The number of likely N-dealkylation sites (tertiary alicyclic amines) is 1. The molecule has 72 heavy (non-hydrogen) atoms. The van der Waals surface area contributed by atoms with E-state index >= 15 is 0 Å². The van der Waals surface area contributed by atoms with E-state index in [1.54, 1.807) is 11.0 Å². The van der Waals surface area contributed by atoms with Crippen molar-refractivity contribution < 1.29 is 31.9 Å². The number of hydrogen-bond donors (Lipinski definition) is 2. The Morgan fingerprint density at radius 2 is 1.46 bits per heavy atom. The Labute approximate surface area is 427 Å². The van der Waals surface area contributed by atoms with E-state index in [-0.39, 0.29) is 34.3 Å². The molecule has 0 bridgehead atoms. The second-order valence-electron chi connectivity index (χ2n) is 20.8. The third-order valence-electron chi connectivity index (χ3n) is 15.1. The second-order valence-corrected chi connectivity index (χ2v) is 22.4. The molecule has 3 amide bonds. The molecule has 13 heteroatoms. The maximum Gasteiger partial charge on any atom is 0.257 e. The third-order valence-corrected chi connectivity index (χ3v) is 15.9. The minimum Gasteiger partial charge on any atom is -0.748 e. The molecular formula is C59H72N6O6S. The quantitative estimate of drug-likeness (QED) is 0.0363. The first-order valence-electron chi connectivity index (χ1n) is 26.1. The molecule has 0 aromatic heterocycles. The first-order valence-corrected chi connectivity index (χ1v) is 27.6. The molecule has 0 spiro atoms. The molecule has 8 rings (SSSR count). The first-order chi connectivity index (χ1) is 34.6. The number of allylic oxidation sites excluding steroid dienone is 6. The zero-order valence-electron chi connectivity index (χ0n) is 42.6. The highest BCUT2D eigenvalue weighted by Gasteiger charge is 2.44. The van der Waals surface area contributed by atoms with E-state index in [0.717, 1.165) is 82.4 Å². The summed E-state index contributed by atoms with van der Waals surface area (Å²) < 4.78 is 36.2. The van der Waals surface area contributed by atoms with Crippen molar-refractivity contribution in [2.24, 2.45) is 5.92 Å². The molecule has 0 radical (unpaired) electrons. The molecule has 4 aromatic rings. The maximum atomic E-state index is 13.9. The van der Waals surface area contributed by atoms with Gasteiger partial charge >= 0.3 is 0 Å². The summed E-state index contributed by atoms with van der Waals surface area (Å²) >= 11 is 0. The van der Waals surface area contributed by atoms with E-state index in [1.807, 2.05) is 48.5 Å². The maximum absolute atomic E-state index is 13.9. The average Bonchev–Trinajstić information content (AvgIpc) is 3.64. The van der Waals surface area contributed by atoms with Crippen molar-refractivity contribution in [3.05, 3.63) is 150 Å². The van der Waals surface area contributed by atoms with E-state index in [1.165, 1.54) is 22.5 Å². The number of unbranched alkanes of at least 4 members (excludes halogenated alkanes) is 4. The molecule has 4 aliphatic heterocycles. The largest absolute Gasteiger partial charge is 0.748 e. The number of nitrogens with one attached hydrogen (secondary N) is 2. The van der Waals surface area contributed by atoms with Crippen LogP contribution in [0.15, 0.2) is 133 Å². The zero-order valence-corrected chi connectivity index (χ0v) is 43.4. The Bertz CT molecular complexity index is 2860. The van der Waals surface area contributed by atoms with Gasteiger partial charge in [-0.15, -0.1) is 0 Å². The fourth-order valence-corrected chi connectivity index (χ4v) is 11.8. The highest BCUT2D eigenvalue weighted by atomic mass is 32.2. The van der Waals surface area contributed by atoms with Crippen molar-refractivity contribution in [1.82, 2.24) is 10.2 Å². The molecule has 0 aliphatic carbocycles. The summed E-state index contributed by atoms with van der Waals surface area (Å²) in [5.74, 6) is 0.117. The molecule has 4 heterocycles. The predicted molar refractivity (Wildman–Crippen MR) is 289 cm³/mol. The lowest BCUT2D eigenvalue weighted by molar-refractivity contribution is -0.438. The summed E-state index contributed by atoms with van der Waals surface area (Å²) in [6, 6.07) is 31.7. The van der Waals surface area contributed by atoms with Crippen molar-refractivity contribution in [1.29, 1.82) is 0 Å². The molecule has 0 atom stereocenters. The third kappa shape index (κ3) is 12.2. The van der Waals surface area contributed by atoms with Crippen LogP contribution in [-0.4, -0.2) is 90.9 Å². The summed E-state index contributed by atoms with van der Waals surface area (Å²) in [5, 5.41) is 6.13. The SMILES string of the molecule is CC1(C)C(/C=C/C=C/C=C2/N(CCCCS(=O)(=O)[O-])c3ccccc3C2(C)C)=[N+](CCCCCC(=O)NCCCCC2CCN(CC(=O)N3c4ccccc4NC(=O)c4ccccc43)CC2)c2ccccc21. The number of anilines is 4. The van der Waals surface area contributed by atoms with Crippen LogP contribution in [0.1, 0.15) is 120 Å². The number of amides is 3. The Morgan fingerprint density at radius 1 is 0.764 bits per heavy atom. The summed E-state index contributed by atoms with van der Waals surface area (Å²) in [6.07, 6.45) is 20.1. The lowest BCUT2D eigenvalue weighted by atomic mass is 9.81. The fourth-order valence-electron chi connectivity index (χ4n) is 11.2. The van der Waals surface area contributed by atoms with Crippen molar-refractivity contribution >= 4 is 62.0 Å². The smallest absolute Gasteiger partial charge is 0.257 e. The van der Waals surface area contributed by atoms with Gasteiger partial charge in [0.25, 0.3) is 5.91 Å². The van der Waals surface area contributed by atoms with Gasteiger partial charge in [-0.2, -0.15) is 4.58 Å². The van der Waals surface area contributed by atoms with Gasteiger partial charge in [0.1, 0.15) is 6.54 Å². The van der Waals surface area contributed by atoms with Crippen LogP contribution in [0.2, 0.25) is 0 Å². The number of rotatable bonds is 21. The lowest BCUT2D eigenvalue weighted by Gasteiger charge is -2.33. The Morgan fingerprint density at radius 3 is 2.24 bits per heavy atom. The molecule has 2 N–H and O–H groups in total. The Kier molecular flexibility index (Phi) is 16.8. The normalized spacial score (nSPS) is 18.1. The molecule has 1 fully saturated rings. The van der Waals surface area contributed by atoms with Crippen LogP contribution in [0.5, 0.6) is 0 Å². The Balaban J connectivity index is 0.760. The lowest BCUT2D eigenvalue weighted by Crippen LogP contribution is -2.42. The van der Waals surface area contributed by atoms with Crippen LogP contribution in [0.3, 0.4) is 0 Å². The summed E-state index contributed by atoms with van der Waals surface area (Å²) in [4.78, 5) is 46.0. The second kappa shape index (κ2) is 23.2. The number of nitrogens with zero attached hydrogens (tertiary/aromatic N) is 4. The van der Waals surface area contributed by atoms with Crippen LogP contribution in [0.4, 0.5) is 28.4 Å². The minimum atomic E-state index is -4.24. The van der Waals surface area contributed by atoms with Gasteiger partial charge in [0, 0.05) is 66.2 Å². The van der Waals surface area contributed by atoms with Crippen LogP contribution in [0.25, 0.3) is 0 Å². The van der Waals surface area contributed by atoms with Gasteiger partial charge in [0.2, 0.25) is 17.5 Å². The first kappa shape index (κ1) is 52.2. The zero-order chi connectivity index (χ0) is 50.9. The van der Waals surface area contributed by atoms with Crippen molar-refractivity contribution in [3.63, 3.8) is 0 Å². The molecule has 0 saturated carbocycles. The summed E-state index contributed by atoms with van der Waals surface area (Å²) in [6.45, 7) is 13.2. The van der Waals surface area contributed by atoms with Crippen LogP contribution in [-0.2, 0) is 30.5 Å². The van der Waals surface area contributed by atoms with Gasteiger partial charge in [-0.25, -0.2) is 8.42 Å². The van der Waals surface area contributed by atoms with E-state index in [0.29, 0.717) is 67.4 Å². The van der Waals surface area contributed by atoms with Gasteiger partial charge < -0.3 is 20.1 Å². The average molecular weight is 993 g/mol. The standard InChI is InChI=1S/C59H72N6O6S/c1-58(2)46-25-11-15-29-50(46)63(53(58)32-7-5-8-33-54-59(3,4)47-26-12-16-30-51(47)64(54)39-21-22-42-72(69,70)71)38-20-6-9-34-55(66)60-37-19-18-23-44-35-40-62(41-36-44)43-56(67)65-49-28-14-10-24-45(49)57(68)61-48-27-13-17-31-52(48)65/h5,7-8,10-17,24-33,44H,6,9,18-23,34-43H2,1-4H3,(H2-,60,61,66,68,69,70,71). The van der Waals surface area contributed by atoms with Gasteiger partial charge in [-0.05, 0) is 120 Å². The van der Waals surface area contributed by atoms with Crippen molar-refractivity contribution in [2.45, 2.75) is 109 Å². The molecule has 380 valence electrons. The van der Waals surface area contributed by atoms with E-state index in [2.05, 4.69) is 126 Å². The molecular weight excluding hydrogens is 921 g/mol. The molecule has 12 nitrogen and oxygen atoms in total. The van der Waals surface area contributed by atoms with Gasteiger partial charge in [-0.1, -0.05) is 106 Å². The van der Waals surface area contributed by atoms with Gasteiger partial charge in [0.05, 0.1) is 44.7 Å². The molecule has 4 aromatic carbocycles. The number of carbonyl (C=O) groups excluding carboxylic acids is 3. The van der Waals surface area contributed by atoms with Crippen LogP contribution < -0.4 is 20.4 Å². The summed E-state index contributed by atoms with van der Waals surface area (Å²) in [5.41, 5.74) is 9.23. The van der Waals surface area contributed by atoms with Crippen molar-refractivity contribution in [2.75, 3.05) is 60.1 Å². The number of carbonyl (C=O) groups is 3. The topological polar surface area (TPSA) is 145 Å². The number of hydrogen-bond acceptors (Lipinski definition) is 8. The van der Waals surface area contributed by atoms with Crippen LogP contribution >= 0.6 is 0 Å². The number of piperidine rings is 1. The molecule has 4 aliphatic rings. The summed E-state index contributed by atoms with van der Waals surface area (Å²) in [7, 11) is -4.24. The van der Waals surface area contributed by atoms with Gasteiger partial charge in [0.15, 0.2) is 5.71 Å². The molecule has 0 unspecified atom stereocenters. The Hall–Kier alpha value is -6.15. The fraction of sp³-hybridized carbons (Fsp3) is 0.424. The number of benzene rings is 4. The van der Waals surface area contributed by atoms with Crippen LogP contribution in [0, 0.1) is 5.92 Å². The number of para-hydroxylation sites is 5. The predicted octanol–water partition coefficient (Wildman–Crippen LogP) is 10.7. The minimum absolute atomic E-state index is 0.0463. The van der Waals surface area contributed by atoms with E-state index < -0.39 is 10.1 Å². The number of fused-ring (bicyclic) bond motifs is 4. The highest BCUT2D eigenvalue weighted by Crippen LogP contribution is 2.48.